The molecule has 0 aliphatic carbocycles. The van der Waals surface area contributed by atoms with E-state index in [9.17, 15) is 4.39 Å². The van der Waals surface area contributed by atoms with Crippen molar-refractivity contribution in [3.05, 3.63) is 45.4 Å². The van der Waals surface area contributed by atoms with Crippen molar-refractivity contribution in [2.45, 2.75) is 26.8 Å². The van der Waals surface area contributed by atoms with E-state index < -0.39 is 0 Å². The number of halogens is 2. The van der Waals surface area contributed by atoms with Gasteiger partial charge in [0, 0.05) is 6.04 Å². The van der Waals surface area contributed by atoms with Gasteiger partial charge in [-0.05, 0) is 55.4 Å². The molecule has 0 fully saturated rings. The second-order valence-corrected chi connectivity index (χ2v) is 5.38. The summed E-state index contributed by atoms with van der Waals surface area (Å²) in [6.07, 6.45) is 0. The third-order valence-corrected chi connectivity index (χ3v) is 4.48. The molecule has 1 atom stereocenters. The highest BCUT2D eigenvalue weighted by Gasteiger charge is 2.19. The van der Waals surface area contributed by atoms with Crippen molar-refractivity contribution in [3.63, 3.8) is 0 Å². The quantitative estimate of drug-likeness (QED) is 0.933. The van der Waals surface area contributed by atoms with Crippen LogP contribution in [0.25, 0.3) is 5.69 Å². The summed E-state index contributed by atoms with van der Waals surface area (Å²) in [5, 5.41) is 7.56. The van der Waals surface area contributed by atoms with Gasteiger partial charge < -0.3 is 5.32 Å². The molecule has 1 N–H and O–H groups in total. The number of rotatable bonds is 3. The summed E-state index contributed by atoms with van der Waals surface area (Å²) in [5.74, 6) is -0.266. The van der Waals surface area contributed by atoms with E-state index in [2.05, 4.69) is 26.3 Å². The van der Waals surface area contributed by atoms with Crippen molar-refractivity contribution in [3.8, 4) is 5.69 Å². The van der Waals surface area contributed by atoms with Crippen LogP contribution in [0.15, 0.2) is 22.7 Å². The molecule has 3 nitrogen and oxygen atoms in total. The first-order valence-corrected chi connectivity index (χ1v) is 6.94. The van der Waals surface area contributed by atoms with Crippen LogP contribution in [0, 0.1) is 19.7 Å². The SMILES string of the molecule is CNC(C)c1cccc(F)c1-n1nc(C)c(Br)c1C. The summed E-state index contributed by atoms with van der Waals surface area (Å²) < 4.78 is 16.8. The van der Waals surface area contributed by atoms with Crippen molar-refractivity contribution >= 4 is 15.9 Å². The molecular formula is C14H17BrFN3. The number of aromatic nitrogens is 2. The van der Waals surface area contributed by atoms with E-state index in [1.165, 1.54) is 6.07 Å². The number of aryl methyl sites for hydroxylation is 1. The van der Waals surface area contributed by atoms with Gasteiger partial charge in [-0.15, -0.1) is 0 Å². The zero-order chi connectivity index (χ0) is 14.2. The van der Waals surface area contributed by atoms with Crippen molar-refractivity contribution in [1.82, 2.24) is 15.1 Å². The number of hydrogen-bond acceptors (Lipinski definition) is 2. The first kappa shape index (κ1) is 14.2. The Labute approximate surface area is 121 Å². The van der Waals surface area contributed by atoms with E-state index in [0.29, 0.717) is 5.69 Å². The Kier molecular flexibility index (Phi) is 4.06. The molecule has 0 saturated carbocycles. The Morgan fingerprint density at radius 2 is 2.05 bits per heavy atom. The molecule has 0 spiro atoms. The summed E-state index contributed by atoms with van der Waals surface area (Å²) in [5.41, 5.74) is 3.15. The summed E-state index contributed by atoms with van der Waals surface area (Å²) >= 11 is 3.48. The Bertz CT molecular complexity index is 607. The van der Waals surface area contributed by atoms with E-state index >= 15 is 0 Å². The average molecular weight is 326 g/mol. The Morgan fingerprint density at radius 3 is 2.58 bits per heavy atom. The van der Waals surface area contributed by atoms with Crippen molar-refractivity contribution in [2.75, 3.05) is 7.05 Å². The van der Waals surface area contributed by atoms with Gasteiger partial charge in [0.2, 0.25) is 0 Å². The van der Waals surface area contributed by atoms with Crippen LogP contribution < -0.4 is 5.32 Å². The normalized spacial score (nSPS) is 12.7. The zero-order valence-electron chi connectivity index (χ0n) is 11.5. The largest absolute Gasteiger partial charge is 0.313 e. The van der Waals surface area contributed by atoms with E-state index in [4.69, 9.17) is 0 Å². The fourth-order valence-corrected chi connectivity index (χ4v) is 2.35. The second kappa shape index (κ2) is 5.43. The first-order valence-electron chi connectivity index (χ1n) is 6.15. The molecule has 0 aliphatic rings. The van der Waals surface area contributed by atoms with Crippen LogP contribution in [0.1, 0.15) is 29.9 Å². The van der Waals surface area contributed by atoms with Gasteiger partial charge in [0.25, 0.3) is 0 Å². The maximum absolute atomic E-state index is 14.2. The van der Waals surface area contributed by atoms with Crippen LogP contribution in [0.2, 0.25) is 0 Å². The number of para-hydroxylation sites is 1. The van der Waals surface area contributed by atoms with Crippen molar-refractivity contribution in [1.29, 1.82) is 0 Å². The molecule has 2 aromatic rings. The third kappa shape index (κ3) is 2.44. The summed E-state index contributed by atoms with van der Waals surface area (Å²) in [6.45, 7) is 5.82. The predicted octanol–water partition coefficient (Wildman–Crippen LogP) is 3.67. The smallest absolute Gasteiger partial charge is 0.149 e. The standard InChI is InChI=1S/C14H17BrFN3/c1-8(17-4)11-6-5-7-12(16)14(11)19-10(3)13(15)9(2)18-19/h5-8,17H,1-4H3. The molecule has 102 valence electrons. The Hall–Kier alpha value is -1.20. The van der Waals surface area contributed by atoms with Gasteiger partial charge in [-0.25, -0.2) is 9.07 Å². The lowest BCUT2D eigenvalue weighted by Gasteiger charge is -2.17. The lowest BCUT2D eigenvalue weighted by Crippen LogP contribution is -2.17. The minimum Gasteiger partial charge on any atom is -0.313 e. The van der Waals surface area contributed by atoms with E-state index in [1.807, 2.05) is 33.9 Å². The van der Waals surface area contributed by atoms with Crippen LogP contribution in [-0.4, -0.2) is 16.8 Å². The number of nitrogens with one attached hydrogen (secondary N) is 1. The van der Waals surface area contributed by atoms with Crippen LogP contribution >= 0.6 is 15.9 Å². The van der Waals surface area contributed by atoms with Gasteiger partial charge >= 0.3 is 0 Å². The molecule has 1 aromatic carbocycles. The summed E-state index contributed by atoms with van der Waals surface area (Å²) in [6, 6.07) is 5.16. The molecule has 5 heteroatoms. The molecule has 0 saturated heterocycles. The number of nitrogens with zero attached hydrogens (tertiary/aromatic N) is 2. The molecule has 0 radical (unpaired) electrons. The number of hydrogen-bond donors (Lipinski definition) is 1. The van der Waals surface area contributed by atoms with Gasteiger partial charge in [0.1, 0.15) is 11.5 Å². The summed E-state index contributed by atoms with van der Waals surface area (Å²) in [7, 11) is 1.86. The maximum Gasteiger partial charge on any atom is 0.149 e. The highest BCUT2D eigenvalue weighted by atomic mass is 79.9. The highest BCUT2D eigenvalue weighted by Crippen LogP contribution is 2.29. The maximum atomic E-state index is 14.2. The molecular weight excluding hydrogens is 309 g/mol. The fraction of sp³-hybridized carbons (Fsp3) is 0.357. The van der Waals surface area contributed by atoms with Crippen LogP contribution in [-0.2, 0) is 0 Å². The first-order chi connectivity index (χ1) is 8.97. The van der Waals surface area contributed by atoms with E-state index in [1.54, 1.807) is 10.7 Å². The lowest BCUT2D eigenvalue weighted by molar-refractivity contribution is 0.586. The molecule has 0 bridgehead atoms. The summed E-state index contributed by atoms with van der Waals surface area (Å²) in [4.78, 5) is 0. The Morgan fingerprint density at radius 1 is 1.37 bits per heavy atom. The highest BCUT2D eigenvalue weighted by molar-refractivity contribution is 9.10. The van der Waals surface area contributed by atoms with Gasteiger partial charge in [-0.3, -0.25) is 0 Å². The van der Waals surface area contributed by atoms with Gasteiger partial charge in [-0.2, -0.15) is 5.10 Å². The average Bonchev–Trinajstić information content (AvgIpc) is 2.65. The van der Waals surface area contributed by atoms with Crippen LogP contribution in [0.4, 0.5) is 4.39 Å². The molecule has 19 heavy (non-hydrogen) atoms. The van der Waals surface area contributed by atoms with Crippen LogP contribution in [0.5, 0.6) is 0 Å². The Balaban J connectivity index is 2.70. The van der Waals surface area contributed by atoms with Gasteiger partial charge in [0.05, 0.1) is 15.9 Å². The van der Waals surface area contributed by atoms with E-state index in [-0.39, 0.29) is 11.9 Å². The van der Waals surface area contributed by atoms with Crippen molar-refractivity contribution in [2.24, 2.45) is 0 Å². The van der Waals surface area contributed by atoms with Crippen LogP contribution in [0.3, 0.4) is 0 Å². The van der Waals surface area contributed by atoms with Gasteiger partial charge in [0.15, 0.2) is 0 Å². The number of benzene rings is 1. The van der Waals surface area contributed by atoms with Gasteiger partial charge in [-0.1, -0.05) is 12.1 Å². The fourth-order valence-electron chi connectivity index (χ4n) is 2.10. The molecule has 1 aromatic heterocycles. The molecule has 1 unspecified atom stereocenters. The topological polar surface area (TPSA) is 29.9 Å². The van der Waals surface area contributed by atoms with Crippen molar-refractivity contribution < 1.29 is 4.39 Å². The monoisotopic (exact) mass is 325 g/mol. The molecule has 1 heterocycles. The molecule has 0 aliphatic heterocycles. The molecule has 2 rings (SSSR count). The molecule has 0 amide bonds. The third-order valence-electron chi connectivity index (χ3n) is 3.33. The second-order valence-electron chi connectivity index (χ2n) is 4.58. The minimum absolute atomic E-state index is 0.0494. The minimum atomic E-state index is -0.266. The predicted molar refractivity (Wildman–Crippen MR) is 78.2 cm³/mol. The zero-order valence-corrected chi connectivity index (χ0v) is 13.0. The van der Waals surface area contributed by atoms with E-state index in [0.717, 1.165) is 21.4 Å². The lowest BCUT2D eigenvalue weighted by atomic mass is 10.1.